The zero-order chi connectivity index (χ0) is 11.0. The SMILES string of the molecule is C=C1CN(c2cccc(Br)c2C(=O)O)C1. The van der Waals surface area contributed by atoms with E-state index in [0.29, 0.717) is 10.0 Å². The number of hydrogen-bond donors (Lipinski definition) is 1. The largest absolute Gasteiger partial charge is 0.478 e. The number of halogens is 1. The van der Waals surface area contributed by atoms with Gasteiger partial charge in [-0.25, -0.2) is 4.79 Å². The van der Waals surface area contributed by atoms with Gasteiger partial charge < -0.3 is 10.0 Å². The molecule has 1 N–H and O–H groups in total. The lowest BCUT2D eigenvalue weighted by Crippen LogP contribution is -2.40. The van der Waals surface area contributed by atoms with Crippen molar-refractivity contribution in [2.75, 3.05) is 18.0 Å². The number of hydrogen-bond acceptors (Lipinski definition) is 2. The first-order valence-electron chi connectivity index (χ1n) is 4.53. The fraction of sp³-hybridized carbons (Fsp3) is 0.182. The van der Waals surface area contributed by atoms with E-state index in [-0.39, 0.29) is 0 Å². The molecule has 1 aliphatic heterocycles. The Hall–Kier alpha value is -1.29. The molecule has 0 unspecified atom stereocenters. The first-order chi connectivity index (χ1) is 7.09. The summed E-state index contributed by atoms with van der Waals surface area (Å²) in [5.74, 6) is -0.907. The highest BCUT2D eigenvalue weighted by atomic mass is 79.9. The molecule has 0 atom stereocenters. The molecule has 0 saturated carbocycles. The van der Waals surface area contributed by atoms with Crippen LogP contribution in [0.4, 0.5) is 5.69 Å². The van der Waals surface area contributed by atoms with Gasteiger partial charge in [0.1, 0.15) is 0 Å². The van der Waals surface area contributed by atoms with Gasteiger partial charge in [-0.2, -0.15) is 0 Å². The summed E-state index contributed by atoms with van der Waals surface area (Å²) in [6.07, 6.45) is 0. The molecule has 1 heterocycles. The quantitative estimate of drug-likeness (QED) is 0.838. The third-order valence-corrected chi connectivity index (χ3v) is 3.04. The zero-order valence-electron chi connectivity index (χ0n) is 8.03. The lowest BCUT2D eigenvalue weighted by atomic mass is 10.1. The Bertz CT molecular complexity index is 434. The average molecular weight is 268 g/mol. The molecule has 1 aromatic rings. The average Bonchev–Trinajstić information content (AvgIpc) is 2.12. The van der Waals surface area contributed by atoms with Gasteiger partial charge in [-0.1, -0.05) is 12.6 Å². The summed E-state index contributed by atoms with van der Waals surface area (Å²) >= 11 is 3.25. The molecule has 0 spiro atoms. The summed E-state index contributed by atoms with van der Waals surface area (Å²) in [6, 6.07) is 5.40. The van der Waals surface area contributed by atoms with E-state index < -0.39 is 5.97 Å². The minimum Gasteiger partial charge on any atom is -0.478 e. The second kappa shape index (κ2) is 3.70. The van der Waals surface area contributed by atoms with E-state index in [2.05, 4.69) is 22.5 Å². The predicted octanol–water partition coefficient (Wildman–Crippen LogP) is 2.52. The molecule has 0 bridgehead atoms. The van der Waals surface area contributed by atoms with Crippen molar-refractivity contribution in [3.63, 3.8) is 0 Å². The molecule has 0 amide bonds. The summed E-state index contributed by atoms with van der Waals surface area (Å²) in [6.45, 7) is 5.33. The summed E-state index contributed by atoms with van der Waals surface area (Å²) in [5, 5.41) is 9.10. The van der Waals surface area contributed by atoms with Crippen LogP contribution in [0, 0.1) is 0 Å². The summed E-state index contributed by atoms with van der Waals surface area (Å²) in [4.78, 5) is 13.1. The molecule has 0 aliphatic carbocycles. The second-order valence-electron chi connectivity index (χ2n) is 3.55. The van der Waals surface area contributed by atoms with Gasteiger partial charge in [0.25, 0.3) is 0 Å². The number of carboxylic acid groups (broad SMARTS) is 1. The molecular formula is C11H10BrNO2. The lowest BCUT2D eigenvalue weighted by Gasteiger charge is -2.36. The molecule has 1 fully saturated rings. The van der Waals surface area contributed by atoms with Crippen LogP contribution in [0.1, 0.15) is 10.4 Å². The van der Waals surface area contributed by atoms with Crippen LogP contribution >= 0.6 is 15.9 Å². The van der Waals surface area contributed by atoms with Gasteiger partial charge >= 0.3 is 5.97 Å². The number of aromatic carboxylic acids is 1. The first kappa shape index (κ1) is 10.2. The van der Waals surface area contributed by atoms with E-state index in [1.807, 2.05) is 17.0 Å². The molecule has 15 heavy (non-hydrogen) atoms. The Morgan fingerprint density at radius 1 is 1.47 bits per heavy atom. The van der Waals surface area contributed by atoms with Gasteiger partial charge in [-0.05, 0) is 33.6 Å². The van der Waals surface area contributed by atoms with E-state index in [4.69, 9.17) is 5.11 Å². The van der Waals surface area contributed by atoms with Gasteiger partial charge in [0.05, 0.1) is 11.3 Å². The maximum absolute atomic E-state index is 11.1. The zero-order valence-corrected chi connectivity index (χ0v) is 9.62. The summed E-state index contributed by atoms with van der Waals surface area (Å²) in [7, 11) is 0. The van der Waals surface area contributed by atoms with E-state index in [1.54, 1.807) is 6.07 Å². The normalized spacial score (nSPS) is 15.0. The molecule has 78 valence electrons. The van der Waals surface area contributed by atoms with E-state index in [9.17, 15) is 4.79 Å². The van der Waals surface area contributed by atoms with Crippen LogP contribution in [-0.4, -0.2) is 24.2 Å². The highest BCUT2D eigenvalue weighted by molar-refractivity contribution is 9.10. The van der Waals surface area contributed by atoms with E-state index >= 15 is 0 Å². The number of nitrogens with zero attached hydrogens (tertiary/aromatic N) is 1. The third kappa shape index (κ3) is 1.77. The van der Waals surface area contributed by atoms with Crippen LogP contribution in [-0.2, 0) is 0 Å². The third-order valence-electron chi connectivity index (χ3n) is 2.38. The molecule has 3 nitrogen and oxygen atoms in total. The lowest BCUT2D eigenvalue weighted by molar-refractivity contribution is 0.0696. The van der Waals surface area contributed by atoms with Crippen LogP contribution in [0.15, 0.2) is 34.8 Å². The topological polar surface area (TPSA) is 40.5 Å². The Kier molecular flexibility index (Phi) is 2.52. The number of anilines is 1. The Morgan fingerprint density at radius 2 is 2.13 bits per heavy atom. The van der Waals surface area contributed by atoms with Gasteiger partial charge in [0.2, 0.25) is 0 Å². The van der Waals surface area contributed by atoms with Crippen molar-refractivity contribution in [1.82, 2.24) is 0 Å². The van der Waals surface area contributed by atoms with Crippen LogP contribution in [0.3, 0.4) is 0 Å². The molecule has 4 heteroatoms. The summed E-state index contributed by atoms with van der Waals surface area (Å²) < 4.78 is 0.616. The highest BCUT2D eigenvalue weighted by Gasteiger charge is 2.24. The molecule has 1 saturated heterocycles. The van der Waals surface area contributed by atoms with Gasteiger partial charge in [0.15, 0.2) is 0 Å². The van der Waals surface area contributed by atoms with Crippen molar-refractivity contribution in [2.24, 2.45) is 0 Å². The molecular weight excluding hydrogens is 258 g/mol. The molecule has 0 radical (unpaired) electrons. The fourth-order valence-corrected chi connectivity index (χ4v) is 2.18. The van der Waals surface area contributed by atoms with E-state index in [1.165, 1.54) is 0 Å². The van der Waals surface area contributed by atoms with Crippen molar-refractivity contribution < 1.29 is 9.90 Å². The van der Waals surface area contributed by atoms with Crippen LogP contribution < -0.4 is 4.90 Å². The molecule has 2 rings (SSSR count). The first-order valence-corrected chi connectivity index (χ1v) is 5.32. The highest BCUT2D eigenvalue weighted by Crippen LogP contribution is 2.31. The van der Waals surface area contributed by atoms with Crippen molar-refractivity contribution in [3.05, 3.63) is 40.4 Å². The summed E-state index contributed by atoms with van der Waals surface area (Å²) in [5.41, 5.74) is 2.21. The number of rotatable bonds is 2. The van der Waals surface area contributed by atoms with Gasteiger partial charge in [-0.3, -0.25) is 0 Å². The van der Waals surface area contributed by atoms with Crippen LogP contribution in [0.25, 0.3) is 0 Å². The Labute approximate surface area is 96.1 Å². The van der Waals surface area contributed by atoms with Crippen molar-refractivity contribution in [1.29, 1.82) is 0 Å². The van der Waals surface area contributed by atoms with Gasteiger partial charge in [0, 0.05) is 17.6 Å². The van der Waals surface area contributed by atoms with Crippen molar-refractivity contribution >= 4 is 27.6 Å². The van der Waals surface area contributed by atoms with Gasteiger partial charge in [-0.15, -0.1) is 0 Å². The van der Waals surface area contributed by atoms with E-state index in [0.717, 1.165) is 24.4 Å². The number of carboxylic acids is 1. The van der Waals surface area contributed by atoms with Crippen molar-refractivity contribution in [3.8, 4) is 0 Å². The molecule has 1 aliphatic rings. The minimum absolute atomic E-state index is 0.324. The Balaban J connectivity index is 2.42. The molecule has 1 aromatic carbocycles. The standard InChI is InChI=1S/C11H10BrNO2/c1-7-5-13(6-7)9-4-2-3-8(12)10(9)11(14)15/h2-4H,1,5-6H2,(H,14,15). The second-order valence-corrected chi connectivity index (χ2v) is 4.40. The van der Waals surface area contributed by atoms with Crippen molar-refractivity contribution in [2.45, 2.75) is 0 Å². The fourth-order valence-electron chi connectivity index (χ4n) is 1.65. The maximum atomic E-state index is 11.1. The monoisotopic (exact) mass is 267 g/mol. The predicted molar refractivity (Wildman–Crippen MR) is 62.5 cm³/mol. The number of carbonyl (C=O) groups is 1. The minimum atomic E-state index is -0.907. The Morgan fingerprint density at radius 3 is 2.67 bits per heavy atom. The number of benzene rings is 1. The molecule has 0 aromatic heterocycles. The maximum Gasteiger partial charge on any atom is 0.338 e. The van der Waals surface area contributed by atoms with Crippen LogP contribution in [0.5, 0.6) is 0 Å². The van der Waals surface area contributed by atoms with Crippen LogP contribution in [0.2, 0.25) is 0 Å². The smallest absolute Gasteiger partial charge is 0.338 e.